The van der Waals surface area contributed by atoms with E-state index in [9.17, 15) is 4.79 Å². The number of rotatable bonds is 8. The molecule has 0 aromatic rings. The molecule has 0 aliphatic heterocycles. The van der Waals surface area contributed by atoms with Gasteiger partial charge in [-0.25, -0.2) is 0 Å². The van der Waals surface area contributed by atoms with E-state index >= 15 is 0 Å². The maximum Gasteiger partial charge on any atom is 0.311 e. The molecule has 0 saturated carbocycles. The molecule has 4 nitrogen and oxygen atoms in total. The quantitative estimate of drug-likeness (QED) is 0.364. The largest absolute Gasteiger partial charge is 0.466 e. The third-order valence-electron chi connectivity index (χ3n) is 2.09. The number of hydrogen-bond acceptors (Lipinski definition) is 4. The van der Waals surface area contributed by atoms with Crippen molar-refractivity contribution in [1.82, 2.24) is 0 Å². The lowest BCUT2D eigenvalue weighted by Crippen LogP contribution is -2.40. The van der Waals surface area contributed by atoms with Gasteiger partial charge in [0.25, 0.3) is 0 Å². The van der Waals surface area contributed by atoms with Crippen molar-refractivity contribution in [3.05, 3.63) is 12.2 Å². The van der Waals surface area contributed by atoms with Gasteiger partial charge in [0.2, 0.25) is 5.79 Å². The molecule has 0 aromatic heterocycles. The molecule has 0 fully saturated rings. The minimum atomic E-state index is -1.05. The number of hydrogen-bond donors (Lipinski definition) is 0. The minimum absolute atomic E-state index is 0.0395. The van der Waals surface area contributed by atoms with Gasteiger partial charge in [0.1, 0.15) is 6.42 Å². The molecule has 0 spiro atoms. The third kappa shape index (κ3) is 4.33. The summed E-state index contributed by atoms with van der Waals surface area (Å²) in [6.45, 7) is 12.3. The van der Waals surface area contributed by atoms with Gasteiger partial charge in [0.15, 0.2) is 0 Å². The predicted molar refractivity (Wildman–Crippen MR) is 62.0 cm³/mol. The first-order valence-electron chi connectivity index (χ1n) is 5.61. The maximum atomic E-state index is 11.5. The zero-order valence-corrected chi connectivity index (χ0v) is 10.7. The molecule has 94 valence electrons. The smallest absolute Gasteiger partial charge is 0.311 e. The lowest BCUT2D eigenvalue weighted by molar-refractivity contribution is -0.216. The van der Waals surface area contributed by atoms with Gasteiger partial charge in [-0.15, -0.1) is 0 Å². The zero-order valence-electron chi connectivity index (χ0n) is 10.7. The Labute approximate surface area is 97.6 Å². The molecule has 0 aliphatic carbocycles. The summed E-state index contributed by atoms with van der Waals surface area (Å²) in [7, 11) is 0. The second kappa shape index (κ2) is 7.41. The van der Waals surface area contributed by atoms with Crippen LogP contribution in [-0.4, -0.2) is 31.6 Å². The average Bonchev–Trinajstić information content (AvgIpc) is 2.18. The number of carbonyl (C=O) groups is 1. The summed E-state index contributed by atoms with van der Waals surface area (Å²) in [5, 5.41) is 0. The fourth-order valence-electron chi connectivity index (χ4n) is 1.41. The molecule has 0 amide bonds. The Hall–Kier alpha value is -0.870. The van der Waals surface area contributed by atoms with Crippen molar-refractivity contribution in [1.29, 1.82) is 0 Å². The van der Waals surface area contributed by atoms with Crippen molar-refractivity contribution >= 4 is 5.97 Å². The van der Waals surface area contributed by atoms with Crippen molar-refractivity contribution < 1.29 is 19.0 Å². The molecule has 0 unspecified atom stereocenters. The molecule has 0 atom stereocenters. The van der Waals surface area contributed by atoms with Crippen molar-refractivity contribution in [3.63, 3.8) is 0 Å². The van der Waals surface area contributed by atoms with Crippen LogP contribution in [0.1, 0.15) is 34.1 Å². The van der Waals surface area contributed by atoms with Crippen LogP contribution >= 0.6 is 0 Å². The van der Waals surface area contributed by atoms with E-state index in [1.54, 1.807) is 13.8 Å². The first-order valence-corrected chi connectivity index (χ1v) is 5.61. The summed E-state index contributed by atoms with van der Waals surface area (Å²) in [5.41, 5.74) is 0.671. The topological polar surface area (TPSA) is 44.8 Å². The lowest BCUT2D eigenvalue weighted by Gasteiger charge is -2.32. The highest BCUT2D eigenvalue weighted by atomic mass is 16.7. The molecule has 16 heavy (non-hydrogen) atoms. The van der Waals surface area contributed by atoms with E-state index in [1.807, 2.05) is 13.8 Å². The van der Waals surface area contributed by atoms with Gasteiger partial charge in [0, 0.05) is 13.2 Å². The molecular formula is C12H22O4. The van der Waals surface area contributed by atoms with Crippen LogP contribution in [0, 0.1) is 0 Å². The SMILES string of the molecule is C=C(C)C(CC(=O)OCC)(OCC)OCC. The van der Waals surface area contributed by atoms with Crippen LogP contribution in [0.2, 0.25) is 0 Å². The van der Waals surface area contributed by atoms with Crippen molar-refractivity contribution in [3.8, 4) is 0 Å². The average molecular weight is 230 g/mol. The summed E-state index contributed by atoms with van der Waals surface area (Å²) in [4.78, 5) is 11.5. The predicted octanol–water partition coefficient (Wildman–Crippen LogP) is 2.29. The van der Waals surface area contributed by atoms with E-state index in [0.717, 1.165) is 0 Å². The van der Waals surface area contributed by atoms with Gasteiger partial charge in [-0.3, -0.25) is 4.79 Å². The Kier molecular flexibility index (Phi) is 7.01. The summed E-state index contributed by atoms with van der Waals surface area (Å²) < 4.78 is 16.0. The van der Waals surface area contributed by atoms with Crippen LogP contribution in [0.3, 0.4) is 0 Å². The van der Waals surface area contributed by atoms with Crippen LogP contribution in [0.15, 0.2) is 12.2 Å². The summed E-state index contributed by atoms with van der Waals surface area (Å²) in [6, 6.07) is 0. The van der Waals surface area contributed by atoms with E-state index in [2.05, 4.69) is 6.58 Å². The van der Waals surface area contributed by atoms with Crippen LogP contribution in [0.5, 0.6) is 0 Å². The van der Waals surface area contributed by atoms with Crippen LogP contribution in [0.25, 0.3) is 0 Å². The van der Waals surface area contributed by atoms with Crippen LogP contribution < -0.4 is 0 Å². The maximum absolute atomic E-state index is 11.5. The van der Waals surface area contributed by atoms with Gasteiger partial charge in [-0.05, 0) is 33.3 Å². The molecule has 0 N–H and O–H groups in total. The minimum Gasteiger partial charge on any atom is -0.466 e. The molecular weight excluding hydrogens is 208 g/mol. The second-order valence-electron chi connectivity index (χ2n) is 3.38. The Morgan fingerprint density at radius 2 is 1.62 bits per heavy atom. The molecule has 4 heteroatoms. The van der Waals surface area contributed by atoms with Gasteiger partial charge in [-0.2, -0.15) is 0 Å². The van der Waals surface area contributed by atoms with E-state index in [0.29, 0.717) is 25.4 Å². The zero-order chi connectivity index (χ0) is 12.6. The lowest BCUT2D eigenvalue weighted by atomic mass is 10.1. The van der Waals surface area contributed by atoms with Crippen molar-refractivity contribution in [2.45, 2.75) is 39.9 Å². The number of esters is 1. The van der Waals surface area contributed by atoms with Gasteiger partial charge in [0.05, 0.1) is 6.61 Å². The summed E-state index contributed by atoms with van der Waals surface area (Å²) in [6.07, 6.45) is 0.0395. The number of ether oxygens (including phenoxy) is 3. The monoisotopic (exact) mass is 230 g/mol. The van der Waals surface area contributed by atoms with E-state index in [-0.39, 0.29) is 12.4 Å². The highest BCUT2D eigenvalue weighted by Gasteiger charge is 2.36. The Morgan fingerprint density at radius 3 is 1.94 bits per heavy atom. The molecule has 0 rings (SSSR count). The van der Waals surface area contributed by atoms with Crippen molar-refractivity contribution in [2.24, 2.45) is 0 Å². The molecule has 0 saturated heterocycles. The highest BCUT2D eigenvalue weighted by molar-refractivity contribution is 5.71. The molecule has 0 aromatic carbocycles. The highest BCUT2D eigenvalue weighted by Crippen LogP contribution is 2.26. The van der Waals surface area contributed by atoms with Crippen LogP contribution in [0.4, 0.5) is 0 Å². The first-order chi connectivity index (χ1) is 7.52. The Morgan fingerprint density at radius 1 is 1.12 bits per heavy atom. The van der Waals surface area contributed by atoms with Gasteiger partial charge < -0.3 is 14.2 Å². The fourth-order valence-corrected chi connectivity index (χ4v) is 1.41. The molecule has 0 aliphatic rings. The standard InChI is InChI=1S/C12H22O4/c1-6-14-11(13)9-12(10(4)5,15-7-2)16-8-3/h4,6-9H2,1-3,5H3. The van der Waals surface area contributed by atoms with E-state index < -0.39 is 5.79 Å². The van der Waals surface area contributed by atoms with E-state index in [4.69, 9.17) is 14.2 Å². The molecule has 0 heterocycles. The molecule has 0 bridgehead atoms. The van der Waals surface area contributed by atoms with Crippen molar-refractivity contribution in [2.75, 3.05) is 19.8 Å². The molecule has 0 radical (unpaired) electrons. The first kappa shape index (κ1) is 15.1. The summed E-state index contributed by atoms with van der Waals surface area (Å²) >= 11 is 0. The Bertz CT molecular complexity index is 229. The Balaban J connectivity index is 4.73. The van der Waals surface area contributed by atoms with Gasteiger partial charge >= 0.3 is 5.97 Å². The fraction of sp³-hybridized carbons (Fsp3) is 0.750. The second-order valence-corrected chi connectivity index (χ2v) is 3.38. The van der Waals surface area contributed by atoms with E-state index in [1.165, 1.54) is 0 Å². The number of carbonyl (C=O) groups excluding carboxylic acids is 1. The summed E-state index contributed by atoms with van der Waals surface area (Å²) in [5.74, 6) is -1.39. The normalized spacial score (nSPS) is 11.2. The van der Waals surface area contributed by atoms with Crippen LogP contribution in [-0.2, 0) is 19.0 Å². The third-order valence-corrected chi connectivity index (χ3v) is 2.09. The van der Waals surface area contributed by atoms with Gasteiger partial charge in [-0.1, -0.05) is 6.58 Å².